The van der Waals surface area contributed by atoms with Crippen molar-refractivity contribution in [3.63, 3.8) is 0 Å². The summed E-state index contributed by atoms with van der Waals surface area (Å²) in [6.45, 7) is 2.37. The van der Waals surface area contributed by atoms with E-state index in [1.54, 1.807) is 6.20 Å². The van der Waals surface area contributed by atoms with Crippen LogP contribution in [0.25, 0.3) is 0 Å². The second kappa shape index (κ2) is 2.44. The van der Waals surface area contributed by atoms with Gasteiger partial charge in [-0.3, -0.25) is 0 Å². The molecule has 2 fully saturated rings. The Hall–Kier alpha value is -0.640. The Labute approximate surface area is 85.3 Å². The standard InChI is InChI=1S/C9H10BrN3/c10-7-3-12-8(4-11-7)13-5-9(6-13)1-2-9/h3-4H,1-2,5-6H2. The summed E-state index contributed by atoms with van der Waals surface area (Å²) in [6, 6.07) is 0. The first-order valence-corrected chi connectivity index (χ1v) is 5.29. The molecule has 1 aliphatic carbocycles. The molecule has 1 aromatic heterocycles. The maximum atomic E-state index is 4.31. The van der Waals surface area contributed by atoms with E-state index in [2.05, 4.69) is 30.8 Å². The molecule has 0 bridgehead atoms. The van der Waals surface area contributed by atoms with Gasteiger partial charge in [-0.1, -0.05) is 0 Å². The van der Waals surface area contributed by atoms with E-state index in [0.717, 1.165) is 10.4 Å². The summed E-state index contributed by atoms with van der Waals surface area (Å²) in [6.07, 6.45) is 6.41. The van der Waals surface area contributed by atoms with Crippen LogP contribution in [0.15, 0.2) is 17.0 Å². The predicted octanol–water partition coefficient (Wildman–Crippen LogP) is 1.84. The predicted molar refractivity (Wildman–Crippen MR) is 53.6 cm³/mol. The largest absolute Gasteiger partial charge is 0.354 e. The van der Waals surface area contributed by atoms with E-state index >= 15 is 0 Å². The van der Waals surface area contributed by atoms with Crippen LogP contribution in [0.3, 0.4) is 0 Å². The van der Waals surface area contributed by atoms with Crippen molar-refractivity contribution in [1.82, 2.24) is 9.97 Å². The first-order chi connectivity index (χ1) is 6.27. The minimum atomic E-state index is 0.689. The third-order valence-corrected chi connectivity index (χ3v) is 3.35. The van der Waals surface area contributed by atoms with E-state index in [4.69, 9.17) is 0 Å². The number of hydrogen-bond acceptors (Lipinski definition) is 3. The van der Waals surface area contributed by atoms with Crippen molar-refractivity contribution in [2.24, 2.45) is 5.41 Å². The van der Waals surface area contributed by atoms with Crippen molar-refractivity contribution in [1.29, 1.82) is 0 Å². The Morgan fingerprint density at radius 1 is 1.23 bits per heavy atom. The van der Waals surface area contributed by atoms with E-state index in [1.807, 2.05) is 6.20 Å². The van der Waals surface area contributed by atoms with Gasteiger partial charge in [0.05, 0.1) is 12.4 Å². The van der Waals surface area contributed by atoms with Gasteiger partial charge in [0.1, 0.15) is 10.4 Å². The molecule has 13 heavy (non-hydrogen) atoms. The van der Waals surface area contributed by atoms with Crippen LogP contribution in [0.4, 0.5) is 5.82 Å². The molecular formula is C9H10BrN3. The molecule has 0 radical (unpaired) electrons. The molecule has 1 saturated carbocycles. The van der Waals surface area contributed by atoms with E-state index in [-0.39, 0.29) is 0 Å². The first-order valence-electron chi connectivity index (χ1n) is 4.50. The molecule has 1 aromatic rings. The minimum absolute atomic E-state index is 0.689. The number of aromatic nitrogens is 2. The van der Waals surface area contributed by atoms with Gasteiger partial charge in [-0.15, -0.1) is 0 Å². The number of rotatable bonds is 1. The second-order valence-corrected chi connectivity index (χ2v) is 4.87. The maximum absolute atomic E-state index is 4.31. The van der Waals surface area contributed by atoms with Crippen LogP contribution in [0.5, 0.6) is 0 Å². The SMILES string of the molecule is Brc1cnc(N2CC3(CC3)C2)cn1. The van der Waals surface area contributed by atoms with Crippen LogP contribution >= 0.6 is 15.9 Å². The molecule has 0 amide bonds. The molecule has 0 N–H and O–H groups in total. The number of anilines is 1. The highest BCUT2D eigenvalue weighted by atomic mass is 79.9. The van der Waals surface area contributed by atoms with Gasteiger partial charge in [0, 0.05) is 18.5 Å². The van der Waals surface area contributed by atoms with Crippen LogP contribution < -0.4 is 4.90 Å². The summed E-state index contributed by atoms with van der Waals surface area (Å²) in [5.74, 6) is 1.01. The van der Waals surface area contributed by atoms with Crippen LogP contribution in [-0.4, -0.2) is 23.1 Å². The third kappa shape index (κ3) is 1.24. The molecule has 3 rings (SSSR count). The van der Waals surface area contributed by atoms with Crippen LogP contribution in [0.2, 0.25) is 0 Å². The topological polar surface area (TPSA) is 29.0 Å². The molecule has 68 valence electrons. The normalized spacial score (nSPS) is 23.0. The molecule has 0 aromatic carbocycles. The number of nitrogens with zero attached hydrogens (tertiary/aromatic N) is 3. The Kier molecular flexibility index (Phi) is 1.45. The summed E-state index contributed by atoms with van der Waals surface area (Å²) in [4.78, 5) is 10.8. The third-order valence-electron chi connectivity index (χ3n) is 2.94. The van der Waals surface area contributed by atoms with Crippen molar-refractivity contribution in [3.05, 3.63) is 17.0 Å². The molecule has 1 saturated heterocycles. The minimum Gasteiger partial charge on any atom is -0.354 e. The van der Waals surface area contributed by atoms with Gasteiger partial charge in [-0.25, -0.2) is 9.97 Å². The lowest BCUT2D eigenvalue weighted by Gasteiger charge is -2.40. The molecular weight excluding hydrogens is 230 g/mol. The van der Waals surface area contributed by atoms with Gasteiger partial charge >= 0.3 is 0 Å². The van der Waals surface area contributed by atoms with E-state index in [0.29, 0.717) is 5.41 Å². The van der Waals surface area contributed by atoms with Gasteiger partial charge < -0.3 is 4.90 Å². The van der Waals surface area contributed by atoms with Crippen LogP contribution in [0, 0.1) is 5.41 Å². The molecule has 4 heteroatoms. The highest BCUT2D eigenvalue weighted by Gasteiger charge is 2.52. The van der Waals surface area contributed by atoms with Gasteiger partial charge in [0.2, 0.25) is 0 Å². The number of halogens is 1. The average Bonchev–Trinajstić information content (AvgIpc) is 2.83. The Bertz CT molecular complexity index is 323. The smallest absolute Gasteiger partial charge is 0.147 e. The first kappa shape index (κ1) is 7.74. The molecule has 0 unspecified atom stereocenters. The second-order valence-electron chi connectivity index (χ2n) is 4.05. The van der Waals surface area contributed by atoms with Gasteiger partial charge in [0.25, 0.3) is 0 Å². The van der Waals surface area contributed by atoms with Crippen molar-refractivity contribution >= 4 is 21.7 Å². The molecule has 0 atom stereocenters. The molecule has 1 spiro atoms. The van der Waals surface area contributed by atoms with E-state index in [1.165, 1.54) is 25.9 Å². The van der Waals surface area contributed by atoms with Gasteiger partial charge in [0.15, 0.2) is 0 Å². The summed E-state index contributed by atoms with van der Waals surface area (Å²) in [5.41, 5.74) is 0.689. The summed E-state index contributed by atoms with van der Waals surface area (Å²) < 4.78 is 0.804. The average molecular weight is 240 g/mol. The molecule has 3 nitrogen and oxygen atoms in total. The van der Waals surface area contributed by atoms with E-state index < -0.39 is 0 Å². The lowest BCUT2D eigenvalue weighted by Crippen LogP contribution is -2.48. The summed E-state index contributed by atoms with van der Waals surface area (Å²) in [7, 11) is 0. The monoisotopic (exact) mass is 239 g/mol. The zero-order valence-corrected chi connectivity index (χ0v) is 8.79. The van der Waals surface area contributed by atoms with Gasteiger partial charge in [-0.2, -0.15) is 0 Å². The number of hydrogen-bond donors (Lipinski definition) is 0. The highest BCUT2D eigenvalue weighted by molar-refractivity contribution is 9.10. The Morgan fingerprint density at radius 2 is 2.00 bits per heavy atom. The zero-order chi connectivity index (χ0) is 8.89. The van der Waals surface area contributed by atoms with Crippen LogP contribution in [0.1, 0.15) is 12.8 Å². The fourth-order valence-corrected chi connectivity index (χ4v) is 2.09. The van der Waals surface area contributed by atoms with E-state index in [9.17, 15) is 0 Å². The Balaban J connectivity index is 1.75. The van der Waals surface area contributed by atoms with Crippen molar-refractivity contribution in [2.45, 2.75) is 12.8 Å². The lowest BCUT2D eigenvalue weighted by atomic mass is 9.97. The quantitative estimate of drug-likeness (QED) is 0.749. The van der Waals surface area contributed by atoms with Crippen LogP contribution in [-0.2, 0) is 0 Å². The fraction of sp³-hybridized carbons (Fsp3) is 0.556. The maximum Gasteiger partial charge on any atom is 0.147 e. The Morgan fingerprint density at radius 3 is 2.54 bits per heavy atom. The molecule has 1 aliphatic heterocycles. The van der Waals surface area contributed by atoms with Crippen molar-refractivity contribution < 1.29 is 0 Å². The summed E-state index contributed by atoms with van der Waals surface area (Å²) in [5, 5.41) is 0. The molecule has 2 aliphatic rings. The summed E-state index contributed by atoms with van der Waals surface area (Å²) >= 11 is 3.28. The fourth-order valence-electron chi connectivity index (χ4n) is 1.89. The zero-order valence-electron chi connectivity index (χ0n) is 7.20. The van der Waals surface area contributed by atoms with Crippen molar-refractivity contribution in [2.75, 3.05) is 18.0 Å². The lowest BCUT2D eigenvalue weighted by molar-refractivity contribution is 0.384. The molecule has 2 heterocycles. The van der Waals surface area contributed by atoms with Crippen molar-refractivity contribution in [3.8, 4) is 0 Å². The van der Waals surface area contributed by atoms with Gasteiger partial charge in [-0.05, 0) is 28.8 Å². The highest BCUT2D eigenvalue weighted by Crippen LogP contribution is 2.53.